The van der Waals surface area contributed by atoms with Gasteiger partial charge in [-0.2, -0.15) is 11.8 Å². The van der Waals surface area contributed by atoms with E-state index in [0.29, 0.717) is 53.1 Å². The summed E-state index contributed by atoms with van der Waals surface area (Å²) >= 11 is 3.04. The Balaban J connectivity index is 1.41. The number of rotatable bonds is 5. The fourth-order valence-electron chi connectivity index (χ4n) is 3.80. The van der Waals surface area contributed by atoms with Gasteiger partial charge in [-0.05, 0) is 48.8 Å². The van der Waals surface area contributed by atoms with Crippen molar-refractivity contribution in [3.05, 3.63) is 52.4 Å². The number of nitrogens with one attached hydrogen (secondary N) is 1. The highest BCUT2D eigenvalue weighted by Gasteiger charge is 2.29. The summed E-state index contributed by atoms with van der Waals surface area (Å²) < 4.78 is 10.9. The van der Waals surface area contributed by atoms with Gasteiger partial charge in [0.05, 0.1) is 11.8 Å². The molecule has 2 aliphatic rings. The summed E-state index contributed by atoms with van der Waals surface area (Å²) in [7, 11) is 0. The molecule has 3 aromatic heterocycles. The SMILES string of the molecule is O=C(Nc1nc(-c2ccco2)c(C(=O)C2CCOCC2)s1)c1cnc2c(c1)CSCC2. The molecule has 0 aromatic carbocycles. The maximum absolute atomic E-state index is 13.2. The lowest BCUT2D eigenvalue weighted by Gasteiger charge is -2.20. The molecule has 2 aliphatic heterocycles. The van der Waals surface area contributed by atoms with Crippen LogP contribution in [0, 0.1) is 5.92 Å². The minimum absolute atomic E-state index is 0.0279. The zero-order chi connectivity index (χ0) is 21.2. The van der Waals surface area contributed by atoms with Crippen molar-refractivity contribution in [2.75, 3.05) is 24.3 Å². The van der Waals surface area contributed by atoms with E-state index in [1.165, 1.54) is 11.3 Å². The summed E-state index contributed by atoms with van der Waals surface area (Å²) in [5, 5.41) is 3.22. The monoisotopic (exact) mass is 455 g/mol. The molecule has 31 heavy (non-hydrogen) atoms. The first-order chi connectivity index (χ1) is 15.2. The molecule has 0 spiro atoms. The van der Waals surface area contributed by atoms with Gasteiger partial charge in [-0.25, -0.2) is 4.98 Å². The van der Waals surface area contributed by atoms with E-state index >= 15 is 0 Å². The number of pyridine rings is 1. The molecule has 9 heteroatoms. The van der Waals surface area contributed by atoms with Crippen molar-refractivity contribution in [2.24, 2.45) is 5.92 Å². The van der Waals surface area contributed by atoms with Crippen molar-refractivity contribution in [3.63, 3.8) is 0 Å². The van der Waals surface area contributed by atoms with E-state index in [2.05, 4.69) is 15.3 Å². The van der Waals surface area contributed by atoms with Gasteiger partial charge in [0.2, 0.25) is 0 Å². The van der Waals surface area contributed by atoms with Gasteiger partial charge < -0.3 is 9.15 Å². The largest absolute Gasteiger partial charge is 0.463 e. The predicted octanol–water partition coefficient (Wildman–Crippen LogP) is 4.45. The molecular weight excluding hydrogens is 434 g/mol. The zero-order valence-corrected chi connectivity index (χ0v) is 18.4. The number of fused-ring (bicyclic) bond motifs is 1. The van der Waals surface area contributed by atoms with Crippen LogP contribution in [0.1, 0.15) is 44.1 Å². The van der Waals surface area contributed by atoms with Gasteiger partial charge in [0.15, 0.2) is 16.7 Å². The number of Topliss-reactive ketones (excluding diaryl/α,β-unsaturated/α-hetero) is 1. The molecule has 1 saturated heterocycles. The molecule has 1 N–H and O–H groups in total. The third-order valence-corrected chi connectivity index (χ3v) is 7.47. The molecule has 3 aromatic rings. The van der Waals surface area contributed by atoms with Crippen LogP contribution in [0.5, 0.6) is 0 Å². The highest BCUT2D eigenvalue weighted by atomic mass is 32.2. The van der Waals surface area contributed by atoms with Gasteiger partial charge in [0.25, 0.3) is 5.91 Å². The number of anilines is 1. The highest BCUT2D eigenvalue weighted by molar-refractivity contribution is 7.98. The van der Waals surface area contributed by atoms with Gasteiger partial charge in [-0.3, -0.25) is 19.9 Å². The van der Waals surface area contributed by atoms with Crippen molar-refractivity contribution in [1.82, 2.24) is 9.97 Å². The average Bonchev–Trinajstić information content (AvgIpc) is 3.49. The zero-order valence-electron chi connectivity index (χ0n) is 16.8. The topological polar surface area (TPSA) is 94.3 Å². The number of ether oxygens (including phenoxy) is 1. The van der Waals surface area contributed by atoms with Crippen molar-refractivity contribution < 1.29 is 18.7 Å². The van der Waals surface area contributed by atoms with Crippen molar-refractivity contribution in [3.8, 4) is 11.5 Å². The normalized spacial score (nSPS) is 16.6. The van der Waals surface area contributed by atoms with Crippen molar-refractivity contribution in [2.45, 2.75) is 25.0 Å². The van der Waals surface area contributed by atoms with E-state index < -0.39 is 0 Å². The van der Waals surface area contributed by atoms with Gasteiger partial charge in [-0.15, -0.1) is 0 Å². The number of thiazole rings is 1. The molecule has 5 rings (SSSR count). The first-order valence-electron chi connectivity index (χ1n) is 10.2. The van der Waals surface area contributed by atoms with E-state index in [1.54, 1.807) is 24.6 Å². The smallest absolute Gasteiger partial charge is 0.259 e. The number of aryl methyl sites for hydroxylation is 1. The third-order valence-electron chi connectivity index (χ3n) is 5.48. The minimum atomic E-state index is -0.282. The summed E-state index contributed by atoms with van der Waals surface area (Å²) in [6, 6.07) is 5.43. The Morgan fingerprint density at radius 1 is 1.23 bits per heavy atom. The number of aromatic nitrogens is 2. The summed E-state index contributed by atoms with van der Waals surface area (Å²) in [4.78, 5) is 35.6. The van der Waals surface area contributed by atoms with Crippen LogP contribution in [0.15, 0.2) is 35.1 Å². The molecular formula is C22H21N3O4S2. The average molecular weight is 456 g/mol. The Labute approximate surface area is 187 Å². The number of furan rings is 1. The maximum atomic E-state index is 13.2. The number of nitrogens with zero attached hydrogens (tertiary/aromatic N) is 2. The van der Waals surface area contributed by atoms with Gasteiger partial charge >= 0.3 is 0 Å². The van der Waals surface area contributed by atoms with E-state index in [1.807, 2.05) is 17.8 Å². The fraction of sp³-hybridized carbons (Fsp3) is 0.364. The van der Waals surface area contributed by atoms with Crippen LogP contribution in [0.2, 0.25) is 0 Å². The van der Waals surface area contributed by atoms with Crippen molar-refractivity contribution in [1.29, 1.82) is 0 Å². The number of carbonyl (C=O) groups excluding carboxylic acids is 2. The lowest BCUT2D eigenvalue weighted by molar-refractivity contribution is 0.0547. The van der Waals surface area contributed by atoms with E-state index in [4.69, 9.17) is 9.15 Å². The Hall–Kier alpha value is -2.49. The van der Waals surface area contributed by atoms with Crippen molar-refractivity contribution >= 4 is 39.9 Å². The summed E-state index contributed by atoms with van der Waals surface area (Å²) in [5.41, 5.74) is 3.14. The summed E-state index contributed by atoms with van der Waals surface area (Å²) in [5.74, 6) is 2.08. The molecule has 0 atom stereocenters. The number of hydrogen-bond donors (Lipinski definition) is 1. The lowest BCUT2D eigenvalue weighted by Crippen LogP contribution is -2.23. The molecule has 1 amide bonds. The molecule has 0 aliphatic carbocycles. The van der Waals surface area contributed by atoms with E-state index in [9.17, 15) is 9.59 Å². The second-order valence-corrected chi connectivity index (χ2v) is 9.62. The Morgan fingerprint density at radius 3 is 2.90 bits per heavy atom. The van der Waals surface area contributed by atoms with Crippen LogP contribution in [-0.4, -0.2) is 40.6 Å². The molecule has 5 heterocycles. The second-order valence-electron chi connectivity index (χ2n) is 7.51. The number of thioether (sulfide) groups is 1. The molecule has 0 saturated carbocycles. The van der Waals surface area contributed by atoms with E-state index in [0.717, 1.165) is 29.2 Å². The fourth-order valence-corrected chi connectivity index (χ4v) is 5.74. The van der Waals surface area contributed by atoms with Crippen LogP contribution in [-0.2, 0) is 16.9 Å². The van der Waals surface area contributed by atoms with Crippen LogP contribution >= 0.6 is 23.1 Å². The summed E-state index contributed by atoms with van der Waals surface area (Å²) in [6.07, 6.45) is 5.47. The number of hydrogen-bond acceptors (Lipinski definition) is 8. The Bertz CT molecular complexity index is 1100. The lowest BCUT2D eigenvalue weighted by atomic mass is 9.94. The van der Waals surface area contributed by atoms with Crippen LogP contribution < -0.4 is 5.32 Å². The molecule has 7 nitrogen and oxygen atoms in total. The van der Waals surface area contributed by atoms with Gasteiger partial charge in [0.1, 0.15) is 10.6 Å². The highest BCUT2D eigenvalue weighted by Crippen LogP contribution is 2.35. The molecule has 0 radical (unpaired) electrons. The predicted molar refractivity (Wildman–Crippen MR) is 120 cm³/mol. The number of amides is 1. The molecule has 160 valence electrons. The van der Waals surface area contributed by atoms with Crippen LogP contribution in [0.4, 0.5) is 5.13 Å². The maximum Gasteiger partial charge on any atom is 0.259 e. The standard InChI is InChI=1S/C22H21N3O4S2/c26-19(13-3-7-28-8-4-13)20-18(17-2-1-6-29-17)24-22(31-20)25-21(27)14-10-15-12-30-9-5-16(15)23-11-14/h1-2,6,10-11,13H,3-5,7-9,12H2,(H,24,25,27). The molecule has 0 bridgehead atoms. The first-order valence-corrected chi connectivity index (χ1v) is 12.2. The third kappa shape index (κ3) is 4.30. The first kappa shape index (κ1) is 20.4. The van der Waals surface area contributed by atoms with Crippen LogP contribution in [0.25, 0.3) is 11.5 Å². The number of ketones is 1. The number of carbonyl (C=O) groups is 2. The second kappa shape index (κ2) is 8.94. The van der Waals surface area contributed by atoms with Gasteiger partial charge in [-0.1, -0.05) is 11.3 Å². The van der Waals surface area contributed by atoms with Gasteiger partial charge in [0, 0.05) is 36.8 Å². The minimum Gasteiger partial charge on any atom is -0.463 e. The van der Waals surface area contributed by atoms with E-state index in [-0.39, 0.29) is 17.6 Å². The summed E-state index contributed by atoms with van der Waals surface area (Å²) in [6.45, 7) is 1.16. The molecule has 0 unspecified atom stereocenters. The quantitative estimate of drug-likeness (QED) is 0.568. The molecule has 1 fully saturated rings. The Morgan fingerprint density at radius 2 is 2.10 bits per heavy atom. The Kier molecular flexibility index (Phi) is 5.89. The van der Waals surface area contributed by atoms with Crippen LogP contribution in [0.3, 0.4) is 0 Å².